The van der Waals surface area contributed by atoms with Crippen LogP contribution in [0.4, 0.5) is 8.78 Å². The van der Waals surface area contributed by atoms with Crippen LogP contribution in [-0.2, 0) is 10.3 Å². The second kappa shape index (κ2) is 5.71. The molecule has 0 heterocycles. The highest BCUT2D eigenvalue weighted by Gasteiger charge is 2.39. The Morgan fingerprint density at radius 2 is 2.05 bits per heavy atom. The van der Waals surface area contributed by atoms with E-state index < -0.39 is 17.5 Å². The van der Waals surface area contributed by atoms with Crippen LogP contribution in [0.15, 0.2) is 17.1 Å². The summed E-state index contributed by atoms with van der Waals surface area (Å²) in [6.07, 6.45) is 3.26. The summed E-state index contributed by atoms with van der Waals surface area (Å²) >= 11 is 0. The molecule has 20 heavy (non-hydrogen) atoms. The van der Waals surface area contributed by atoms with Crippen LogP contribution in [0.3, 0.4) is 0 Å². The minimum absolute atomic E-state index is 0.0373. The number of nitrogens with zero attached hydrogens (tertiary/aromatic N) is 1. The smallest absolute Gasteiger partial charge is 0.235 e. The van der Waals surface area contributed by atoms with Crippen molar-refractivity contribution in [2.45, 2.75) is 44.3 Å². The van der Waals surface area contributed by atoms with Crippen LogP contribution >= 0.6 is 0 Å². The van der Waals surface area contributed by atoms with Gasteiger partial charge in [0.2, 0.25) is 6.08 Å². The maximum atomic E-state index is 14.1. The number of isocyanates is 1. The molecule has 1 aromatic carbocycles. The summed E-state index contributed by atoms with van der Waals surface area (Å²) in [4.78, 5) is 14.6. The molecular weight excluding hydrogens is 264 g/mol. The van der Waals surface area contributed by atoms with Crippen LogP contribution in [0.1, 0.15) is 49.9 Å². The third-order valence-electron chi connectivity index (χ3n) is 3.92. The van der Waals surface area contributed by atoms with E-state index in [0.29, 0.717) is 18.4 Å². The van der Waals surface area contributed by atoms with Gasteiger partial charge in [-0.15, -0.1) is 0 Å². The van der Waals surface area contributed by atoms with E-state index in [2.05, 4.69) is 4.99 Å². The summed E-state index contributed by atoms with van der Waals surface area (Å²) < 4.78 is 32.7. The van der Waals surface area contributed by atoms with Crippen molar-refractivity contribution >= 4 is 6.08 Å². The molecule has 0 saturated heterocycles. The first-order valence-electron chi connectivity index (χ1n) is 6.65. The molecule has 1 fully saturated rings. The Morgan fingerprint density at radius 1 is 1.40 bits per heavy atom. The number of halogens is 2. The first-order valence-corrected chi connectivity index (χ1v) is 6.65. The van der Waals surface area contributed by atoms with E-state index in [1.165, 1.54) is 14.0 Å². The van der Waals surface area contributed by atoms with Crippen LogP contribution < -0.4 is 4.74 Å². The van der Waals surface area contributed by atoms with E-state index in [0.717, 1.165) is 18.9 Å². The quantitative estimate of drug-likeness (QED) is 0.618. The Labute approximate surface area is 116 Å². The first-order chi connectivity index (χ1) is 9.54. The summed E-state index contributed by atoms with van der Waals surface area (Å²) in [5.74, 6) is -0.591. The lowest BCUT2D eigenvalue weighted by atomic mass is 9.86. The molecule has 1 aliphatic carbocycles. The molecule has 1 saturated carbocycles. The maximum absolute atomic E-state index is 14.1. The molecule has 1 aliphatic rings. The van der Waals surface area contributed by atoms with E-state index in [1.54, 1.807) is 12.1 Å². The van der Waals surface area contributed by atoms with Gasteiger partial charge in [0.15, 0.2) is 11.6 Å². The standard InChI is InChI=1S/C15H17F2NO2/c1-10(16)11-7-12(14(20-2)13(17)8-11)15(18-9-19)5-3-4-6-15/h7-8,10H,3-6H2,1-2H3. The third kappa shape index (κ3) is 2.46. The zero-order valence-corrected chi connectivity index (χ0v) is 11.6. The molecule has 0 spiro atoms. The van der Waals surface area contributed by atoms with Crippen LogP contribution in [0, 0.1) is 5.82 Å². The van der Waals surface area contributed by atoms with Gasteiger partial charge in [-0.25, -0.2) is 13.6 Å². The Morgan fingerprint density at radius 3 is 2.55 bits per heavy atom. The van der Waals surface area contributed by atoms with E-state index in [1.807, 2.05) is 0 Å². The fraction of sp³-hybridized carbons (Fsp3) is 0.533. The van der Waals surface area contributed by atoms with Crippen molar-refractivity contribution in [2.24, 2.45) is 4.99 Å². The second-order valence-electron chi connectivity index (χ2n) is 5.14. The number of hydrogen-bond donors (Lipinski definition) is 0. The van der Waals surface area contributed by atoms with Gasteiger partial charge in [-0.3, -0.25) is 0 Å². The number of hydrogen-bond acceptors (Lipinski definition) is 3. The number of methoxy groups -OCH3 is 1. The highest BCUT2D eigenvalue weighted by atomic mass is 19.1. The number of carbonyl (C=O) groups excluding carboxylic acids is 1. The lowest BCUT2D eigenvalue weighted by Crippen LogP contribution is -2.21. The van der Waals surface area contributed by atoms with Crippen molar-refractivity contribution in [1.29, 1.82) is 0 Å². The topological polar surface area (TPSA) is 38.7 Å². The average Bonchev–Trinajstić information content (AvgIpc) is 2.87. The van der Waals surface area contributed by atoms with Crippen molar-refractivity contribution in [3.05, 3.63) is 29.1 Å². The van der Waals surface area contributed by atoms with Gasteiger partial charge in [0.1, 0.15) is 11.7 Å². The Bertz CT molecular complexity index is 545. The molecule has 1 unspecified atom stereocenters. The Balaban J connectivity index is 2.66. The van der Waals surface area contributed by atoms with Crippen LogP contribution in [0.5, 0.6) is 5.75 Å². The van der Waals surface area contributed by atoms with Gasteiger partial charge in [0.05, 0.1) is 7.11 Å². The predicted octanol–water partition coefficient (Wildman–Crippen LogP) is 3.97. The minimum Gasteiger partial charge on any atom is -0.493 e. The molecule has 5 heteroatoms. The number of benzene rings is 1. The van der Waals surface area contributed by atoms with Gasteiger partial charge in [-0.05, 0) is 37.5 Å². The zero-order chi connectivity index (χ0) is 14.8. The van der Waals surface area contributed by atoms with Gasteiger partial charge < -0.3 is 4.74 Å². The summed E-state index contributed by atoms with van der Waals surface area (Å²) in [6.45, 7) is 1.34. The average molecular weight is 281 g/mol. The van der Waals surface area contributed by atoms with Crippen molar-refractivity contribution < 1.29 is 18.3 Å². The van der Waals surface area contributed by atoms with Gasteiger partial charge in [0, 0.05) is 5.56 Å². The highest BCUT2D eigenvalue weighted by Crippen LogP contribution is 2.47. The fourth-order valence-corrected chi connectivity index (χ4v) is 2.89. The molecule has 3 nitrogen and oxygen atoms in total. The Hall–Kier alpha value is -1.74. The molecule has 1 atom stereocenters. The molecule has 1 aromatic rings. The molecule has 0 bridgehead atoms. The summed E-state index contributed by atoms with van der Waals surface area (Å²) in [5, 5.41) is 0. The number of alkyl halides is 1. The molecule has 0 N–H and O–H groups in total. The lowest BCUT2D eigenvalue weighted by Gasteiger charge is -2.26. The molecule has 0 amide bonds. The molecule has 0 radical (unpaired) electrons. The third-order valence-corrected chi connectivity index (χ3v) is 3.92. The van der Waals surface area contributed by atoms with Crippen molar-refractivity contribution in [1.82, 2.24) is 0 Å². The first kappa shape index (κ1) is 14.7. The van der Waals surface area contributed by atoms with Gasteiger partial charge in [0.25, 0.3) is 0 Å². The second-order valence-corrected chi connectivity index (χ2v) is 5.14. The normalized spacial score (nSPS) is 18.4. The zero-order valence-electron chi connectivity index (χ0n) is 11.6. The van der Waals surface area contributed by atoms with Gasteiger partial charge >= 0.3 is 0 Å². The van der Waals surface area contributed by atoms with E-state index in [-0.39, 0.29) is 11.3 Å². The van der Waals surface area contributed by atoms with Crippen LogP contribution in [0.2, 0.25) is 0 Å². The fourth-order valence-electron chi connectivity index (χ4n) is 2.89. The summed E-state index contributed by atoms with van der Waals surface area (Å²) in [5.41, 5.74) is -0.162. The van der Waals surface area contributed by atoms with Gasteiger partial charge in [-0.1, -0.05) is 12.8 Å². The number of aliphatic imine (C=N–C) groups is 1. The maximum Gasteiger partial charge on any atom is 0.235 e. The highest BCUT2D eigenvalue weighted by molar-refractivity contribution is 5.47. The molecule has 108 valence electrons. The van der Waals surface area contributed by atoms with Crippen LogP contribution in [-0.4, -0.2) is 13.2 Å². The SMILES string of the molecule is COc1c(F)cc(C(C)F)cc1C1(N=C=O)CCCC1. The van der Waals surface area contributed by atoms with E-state index >= 15 is 0 Å². The molecular formula is C15H17F2NO2. The molecule has 2 rings (SSSR count). The number of ether oxygens (including phenoxy) is 1. The van der Waals surface area contributed by atoms with E-state index in [9.17, 15) is 13.6 Å². The largest absolute Gasteiger partial charge is 0.493 e. The summed E-state index contributed by atoms with van der Waals surface area (Å²) in [7, 11) is 1.35. The Kier molecular flexibility index (Phi) is 4.19. The van der Waals surface area contributed by atoms with Crippen LogP contribution in [0.25, 0.3) is 0 Å². The van der Waals surface area contributed by atoms with E-state index in [4.69, 9.17) is 4.74 Å². The van der Waals surface area contributed by atoms with Crippen molar-refractivity contribution in [3.63, 3.8) is 0 Å². The van der Waals surface area contributed by atoms with Crippen molar-refractivity contribution in [2.75, 3.05) is 7.11 Å². The monoisotopic (exact) mass is 281 g/mol. The van der Waals surface area contributed by atoms with Crippen molar-refractivity contribution in [3.8, 4) is 5.75 Å². The predicted molar refractivity (Wildman–Crippen MR) is 70.7 cm³/mol. The molecule has 0 aliphatic heterocycles. The molecule has 0 aromatic heterocycles. The lowest BCUT2D eigenvalue weighted by molar-refractivity contribution is 0.347. The van der Waals surface area contributed by atoms with Gasteiger partial charge in [-0.2, -0.15) is 4.99 Å². The minimum atomic E-state index is -1.30. The number of rotatable bonds is 4. The summed E-state index contributed by atoms with van der Waals surface area (Å²) in [6, 6.07) is 2.68.